The number of carbonyl (C=O) groups excluding carboxylic acids is 1. The Morgan fingerprint density at radius 1 is 1.39 bits per heavy atom. The summed E-state index contributed by atoms with van der Waals surface area (Å²) in [5.41, 5.74) is 2.88. The monoisotopic (exact) mass is 387 g/mol. The molecule has 0 amide bonds. The zero-order chi connectivity index (χ0) is 20.5. The molecule has 1 aliphatic heterocycles. The number of aliphatic hydroxyl groups is 1. The number of ether oxygens (including phenoxy) is 1. The van der Waals surface area contributed by atoms with Crippen molar-refractivity contribution in [3.8, 4) is 0 Å². The lowest BCUT2D eigenvalue weighted by Crippen LogP contribution is -2.43. The highest BCUT2D eigenvalue weighted by molar-refractivity contribution is 5.99. The molecule has 1 aliphatic rings. The van der Waals surface area contributed by atoms with Crippen molar-refractivity contribution in [3.63, 3.8) is 0 Å². The zero-order valence-electron chi connectivity index (χ0n) is 17.7. The van der Waals surface area contributed by atoms with Gasteiger partial charge in [0, 0.05) is 24.4 Å². The van der Waals surface area contributed by atoms with Crippen LogP contribution in [0.1, 0.15) is 68.1 Å². The highest BCUT2D eigenvalue weighted by atomic mass is 16.5. The van der Waals surface area contributed by atoms with E-state index in [4.69, 9.17) is 4.74 Å². The largest absolute Gasteiger partial charge is 0.462 e. The fourth-order valence-corrected chi connectivity index (χ4v) is 4.61. The maximum Gasteiger partial charge on any atom is 0.340 e. The first kappa shape index (κ1) is 20.8. The third-order valence-electron chi connectivity index (χ3n) is 5.85. The molecule has 28 heavy (non-hydrogen) atoms. The number of carbonyl (C=O) groups is 1. The highest BCUT2D eigenvalue weighted by Crippen LogP contribution is 2.37. The molecule has 1 N–H and O–H groups in total. The number of rotatable bonds is 6. The van der Waals surface area contributed by atoms with Crippen molar-refractivity contribution in [2.45, 2.75) is 59.0 Å². The topological polar surface area (TPSA) is 67.1 Å². The zero-order valence-corrected chi connectivity index (χ0v) is 17.7. The summed E-state index contributed by atoms with van der Waals surface area (Å²) in [4.78, 5) is 14.9. The second-order valence-electron chi connectivity index (χ2n) is 8.64. The number of hydrogen-bond donors (Lipinski definition) is 1. The molecule has 1 fully saturated rings. The molecule has 154 valence electrons. The Bertz CT molecular complexity index is 829. The summed E-state index contributed by atoms with van der Waals surface area (Å²) in [6.45, 7) is 12.8. The van der Waals surface area contributed by atoms with Crippen LogP contribution in [-0.4, -0.2) is 57.4 Å². The Morgan fingerprint density at radius 2 is 2.07 bits per heavy atom. The molecule has 1 unspecified atom stereocenters. The highest BCUT2D eigenvalue weighted by Gasteiger charge is 2.32. The lowest BCUT2D eigenvalue weighted by molar-refractivity contribution is 0.0229. The molecule has 0 aromatic carbocycles. The molecule has 0 aliphatic carbocycles. The minimum atomic E-state index is -0.661. The Labute approximate surface area is 167 Å². The van der Waals surface area contributed by atoms with Gasteiger partial charge in [-0.15, -0.1) is 0 Å². The van der Waals surface area contributed by atoms with Gasteiger partial charge in [0.25, 0.3) is 0 Å². The second-order valence-corrected chi connectivity index (χ2v) is 8.64. The summed E-state index contributed by atoms with van der Waals surface area (Å²) >= 11 is 0. The maximum absolute atomic E-state index is 12.6. The summed E-state index contributed by atoms with van der Waals surface area (Å²) in [6.07, 6.45) is 3.92. The molecule has 3 heterocycles. The number of hydrogen-bond acceptors (Lipinski definition) is 5. The first-order valence-corrected chi connectivity index (χ1v) is 10.3. The van der Waals surface area contributed by atoms with Gasteiger partial charge in [-0.05, 0) is 77.2 Å². The van der Waals surface area contributed by atoms with E-state index in [2.05, 4.69) is 16.9 Å². The maximum atomic E-state index is 12.6. The van der Waals surface area contributed by atoms with Crippen LogP contribution in [0, 0.1) is 12.8 Å². The predicted molar refractivity (Wildman–Crippen MR) is 110 cm³/mol. The van der Waals surface area contributed by atoms with Gasteiger partial charge in [0.05, 0.1) is 23.3 Å². The summed E-state index contributed by atoms with van der Waals surface area (Å²) in [6, 6.07) is 3.80. The normalized spacial score (nSPS) is 17.8. The number of β-amino-alcohol motifs (C(OH)–C–C–N with tert-alkyl or cyclic N) is 1. The van der Waals surface area contributed by atoms with Crippen molar-refractivity contribution in [1.29, 1.82) is 0 Å². The van der Waals surface area contributed by atoms with Crippen molar-refractivity contribution < 1.29 is 14.6 Å². The standard InChI is InChI=1S/C22H33N3O3/c1-6-28-21(26)19-16(3)20(25-18(19)8-7-11-23-25)15(2)17-9-12-24(13-10-17)14-22(4,5)27/h7-8,11,15,17,27H,6,9-10,12-14H2,1-5H3. The quantitative estimate of drug-likeness (QED) is 0.770. The van der Waals surface area contributed by atoms with Gasteiger partial charge in [-0.25, -0.2) is 9.31 Å². The second kappa shape index (κ2) is 8.21. The average Bonchev–Trinajstić information content (AvgIpc) is 2.92. The van der Waals surface area contributed by atoms with Gasteiger partial charge in [0.2, 0.25) is 0 Å². The van der Waals surface area contributed by atoms with Crippen LogP contribution in [0.3, 0.4) is 0 Å². The van der Waals surface area contributed by atoms with Gasteiger partial charge in [-0.3, -0.25) is 0 Å². The molecule has 0 saturated carbocycles. The third kappa shape index (κ3) is 4.23. The minimum absolute atomic E-state index is 0.274. The molecular weight excluding hydrogens is 354 g/mol. The number of piperidine rings is 1. The van der Waals surface area contributed by atoms with Crippen molar-refractivity contribution in [1.82, 2.24) is 14.5 Å². The Balaban J connectivity index is 1.86. The lowest BCUT2D eigenvalue weighted by atomic mass is 9.82. The molecule has 6 nitrogen and oxygen atoms in total. The first-order valence-electron chi connectivity index (χ1n) is 10.3. The van der Waals surface area contributed by atoms with Crippen LogP contribution in [0.5, 0.6) is 0 Å². The predicted octanol–water partition coefficient (Wildman–Crippen LogP) is 3.41. The van der Waals surface area contributed by atoms with Crippen LogP contribution in [0.2, 0.25) is 0 Å². The number of esters is 1. The van der Waals surface area contributed by atoms with Crippen LogP contribution in [0.4, 0.5) is 0 Å². The summed E-state index contributed by atoms with van der Waals surface area (Å²) in [5.74, 6) is 0.533. The molecule has 1 saturated heterocycles. The van der Waals surface area contributed by atoms with E-state index in [1.165, 1.54) is 0 Å². The van der Waals surface area contributed by atoms with Crippen LogP contribution in [-0.2, 0) is 4.74 Å². The van der Waals surface area contributed by atoms with E-state index in [1.807, 2.05) is 44.3 Å². The van der Waals surface area contributed by atoms with Gasteiger partial charge < -0.3 is 14.7 Å². The van der Waals surface area contributed by atoms with Crippen LogP contribution in [0.15, 0.2) is 18.3 Å². The number of aromatic nitrogens is 2. The van der Waals surface area contributed by atoms with Crippen molar-refractivity contribution in [3.05, 3.63) is 35.2 Å². The van der Waals surface area contributed by atoms with Gasteiger partial charge in [0.15, 0.2) is 0 Å². The smallest absolute Gasteiger partial charge is 0.340 e. The van der Waals surface area contributed by atoms with E-state index in [-0.39, 0.29) is 11.9 Å². The van der Waals surface area contributed by atoms with E-state index in [9.17, 15) is 9.90 Å². The molecule has 1 atom stereocenters. The fourth-order valence-electron chi connectivity index (χ4n) is 4.61. The van der Waals surface area contributed by atoms with Crippen molar-refractivity contribution in [2.24, 2.45) is 5.92 Å². The van der Waals surface area contributed by atoms with Gasteiger partial charge in [-0.2, -0.15) is 5.10 Å². The number of nitrogens with zero attached hydrogens (tertiary/aromatic N) is 3. The molecule has 0 bridgehead atoms. The fraction of sp³-hybridized carbons (Fsp3) is 0.636. The Hall–Kier alpha value is -1.92. The number of likely N-dealkylation sites (tertiary alicyclic amines) is 1. The minimum Gasteiger partial charge on any atom is -0.462 e. The molecule has 2 aromatic rings. The first-order chi connectivity index (χ1) is 13.2. The van der Waals surface area contributed by atoms with E-state index in [0.717, 1.165) is 42.7 Å². The molecular formula is C22H33N3O3. The molecule has 0 radical (unpaired) electrons. The summed E-state index contributed by atoms with van der Waals surface area (Å²) in [5, 5.41) is 14.6. The lowest BCUT2D eigenvalue weighted by Gasteiger charge is -2.37. The van der Waals surface area contributed by atoms with E-state index >= 15 is 0 Å². The van der Waals surface area contributed by atoms with Crippen LogP contribution in [0.25, 0.3) is 5.52 Å². The number of fused-ring (bicyclic) bond motifs is 1. The van der Waals surface area contributed by atoms with Gasteiger partial charge in [0.1, 0.15) is 0 Å². The van der Waals surface area contributed by atoms with Crippen molar-refractivity contribution >= 4 is 11.5 Å². The summed E-state index contributed by atoms with van der Waals surface area (Å²) in [7, 11) is 0. The van der Waals surface area contributed by atoms with E-state index < -0.39 is 5.60 Å². The third-order valence-corrected chi connectivity index (χ3v) is 5.85. The van der Waals surface area contributed by atoms with Gasteiger partial charge >= 0.3 is 5.97 Å². The molecule has 0 spiro atoms. The Kier molecular flexibility index (Phi) is 6.10. The molecule has 6 heteroatoms. The van der Waals surface area contributed by atoms with Crippen LogP contribution >= 0.6 is 0 Å². The molecule has 2 aromatic heterocycles. The van der Waals surface area contributed by atoms with Crippen molar-refractivity contribution in [2.75, 3.05) is 26.2 Å². The average molecular weight is 388 g/mol. The van der Waals surface area contributed by atoms with Gasteiger partial charge in [-0.1, -0.05) is 6.92 Å². The summed E-state index contributed by atoms with van der Waals surface area (Å²) < 4.78 is 7.23. The molecule has 3 rings (SSSR count). The van der Waals surface area contributed by atoms with Crippen LogP contribution < -0.4 is 0 Å². The van der Waals surface area contributed by atoms with E-state index in [0.29, 0.717) is 24.6 Å². The Morgan fingerprint density at radius 3 is 2.68 bits per heavy atom. The SMILES string of the molecule is CCOC(=O)c1c(C)c(C(C)C2CCN(CC(C)(C)O)CC2)n2ncccc12. The van der Waals surface area contributed by atoms with E-state index in [1.54, 1.807) is 6.20 Å².